The summed E-state index contributed by atoms with van der Waals surface area (Å²) in [6, 6.07) is 10.5. The van der Waals surface area contributed by atoms with Gasteiger partial charge in [-0.05, 0) is 84.7 Å². The van der Waals surface area contributed by atoms with Crippen LogP contribution in [-0.2, 0) is 14.3 Å². The third-order valence-corrected chi connectivity index (χ3v) is 4.65. The first-order chi connectivity index (χ1) is 14.8. The van der Waals surface area contributed by atoms with Crippen LogP contribution in [0.1, 0.15) is 38.8 Å². The van der Waals surface area contributed by atoms with Crippen molar-refractivity contribution >= 4 is 45.5 Å². The summed E-state index contributed by atoms with van der Waals surface area (Å²) in [6.45, 7) is 7.67. The quantitative estimate of drug-likeness (QED) is 0.442. The van der Waals surface area contributed by atoms with Crippen LogP contribution in [0, 0.1) is 0 Å². The molecule has 0 spiro atoms. The fourth-order valence-electron chi connectivity index (χ4n) is 2.87. The Morgan fingerprint density at radius 3 is 2.58 bits per heavy atom. The highest BCUT2D eigenvalue weighted by Gasteiger charge is 2.24. The van der Waals surface area contributed by atoms with Crippen LogP contribution in [0.2, 0.25) is 0 Å². The van der Waals surface area contributed by atoms with Gasteiger partial charge in [-0.1, -0.05) is 0 Å². The lowest BCUT2D eigenvalue weighted by Gasteiger charge is -2.16. The Morgan fingerprint density at radius 1 is 1.26 bits per heavy atom. The molecule has 1 aliphatic rings. The standard InChI is InChI=1S/C23H23BrN2O5/c1-5-29-20-12-15(10-18(24)21(20)30-13(2)3)11-19-23(28)31-22(26-19)16-6-8-17(9-7-16)25-14(4)27/h6-13H,5H2,1-4H3,(H,25,27)/b19-11-. The monoisotopic (exact) mass is 486 g/mol. The fraction of sp³-hybridized carbons (Fsp3) is 0.261. The average molecular weight is 487 g/mol. The van der Waals surface area contributed by atoms with E-state index in [2.05, 4.69) is 26.2 Å². The van der Waals surface area contributed by atoms with Crippen molar-refractivity contribution in [1.29, 1.82) is 0 Å². The van der Waals surface area contributed by atoms with Gasteiger partial charge in [0.05, 0.1) is 17.2 Å². The first-order valence-electron chi connectivity index (χ1n) is 9.80. The summed E-state index contributed by atoms with van der Waals surface area (Å²) >= 11 is 3.52. The number of hydrogen-bond acceptors (Lipinski definition) is 6. The van der Waals surface area contributed by atoms with Crippen LogP contribution >= 0.6 is 15.9 Å². The first-order valence-corrected chi connectivity index (χ1v) is 10.6. The van der Waals surface area contributed by atoms with Gasteiger partial charge in [0.2, 0.25) is 11.8 Å². The number of benzene rings is 2. The molecule has 0 aliphatic carbocycles. The second kappa shape index (κ2) is 9.78. The zero-order valence-corrected chi connectivity index (χ0v) is 19.3. The van der Waals surface area contributed by atoms with Gasteiger partial charge in [-0.25, -0.2) is 9.79 Å². The molecule has 0 unspecified atom stereocenters. The number of amides is 1. The van der Waals surface area contributed by atoms with Gasteiger partial charge in [0.25, 0.3) is 0 Å². The zero-order chi connectivity index (χ0) is 22.5. The smallest absolute Gasteiger partial charge is 0.363 e. The molecule has 0 radical (unpaired) electrons. The van der Waals surface area contributed by atoms with Gasteiger partial charge in [0.1, 0.15) is 0 Å². The van der Waals surface area contributed by atoms with Crippen molar-refractivity contribution in [3.63, 3.8) is 0 Å². The van der Waals surface area contributed by atoms with Crippen molar-refractivity contribution in [3.8, 4) is 11.5 Å². The molecule has 0 bridgehead atoms. The van der Waals surface area contributed by atoms with Gasteiger partial charge in [-0.3, -0.25) is 4.79 Å². The first kappa shape index (κ1) is 22.6. The molecule has 1 heterocycles. The molecule has 7 nitrogen and oxygen atoms in total. The molecule has 1 amide bonds. The molecule has 8 heteroatoms. The molecular formula is C23H23BrN2O5. The largest absolute Gasteiger partial charge is 0.490 e. The summed E-state index contributed by atoms with van der Waals surface area (Å²) in [4.78, 5) is 27.8. The van der Waals surface area contributed by atoms with Crippen LogP contribution < -0.4 is 14.8 Å². The van der Waals surface area contributed by atoms with E-state index in [1.165, 1.54) is 6.92 Å². The Morgan fingerprint density at radius 2 is 1.97 bits per heavy atom. The Balaban J connectivity index is 1.90. The summed E-state index contributed by atoms with van der Waals surface area (Å²) in [5.41, 5.74) is 2.16. The number of carbonyl (C=O) groups is 2. The van der Waals surface area contributed by atoms with Crippen LogP contribution in [0.15, 0.2) is 51.6 Å². The second-order valence-corrected chi connectivity index (χ2v) is 7.88. The highest BCUT2D eigenvalue weighted by atomic mass is 79.9. The van der Waals surface area contributed by atoms with E-state index >= 15 is 0 Å². The van der Waals surface area contributed by atoms with Crippen molar-refractivity contribution in [3.05, 3.63) is 57.7 Å². The molecule has 2 aromatic rings. The number of anilines is 1. The molecule has 1 N–H and O–H groups in total. The number of hydrogen-bond donors (Lipinski definition) is 1. The normalized spacial score (nSPS) is 14.5. The minimum atomic E-state index is -0.544. The predicted octanol–water partition coefficient (Wildman–Crippen LogP) is 4.94. The van der Waals surface area contributed by atoms with E-state index in [0.29, 0.717) is 39.4 Å². The van der Waals surface area contributed by atoms with E-state index in [9.17, 15) is 9.59 Å². The van der Waals surface area contributed by atoms with E-state index in [0.717, 1.165) is 0 Å². The second-order valence-electron chi connectivity index (χ2n) is 7.02. The lowest BCUT2D eigenvalue weighted by molar-refractivity contribution is -0.129. The third kappa shape index (κ3) is 5.73. The molecule has 2 aromatic carbocycles. The highest BCUT2D eigenvalue weighted by Crippen LogP contribution is 2.38. The van der Waals surface area contributed by atoms with Crippen LogP contribution in [-0.4, -0.2) is 30.5 Å². The van der Waals surface area contributed by atoms with E-state index in [1.807, 2.05) is 26.8 Å². The maximum atomic E-state index is 12.4. The topological polar surface area (TPSA) is 86.2 Å². The molecule has 0 aromatic heterocycles. The number of esters is 1. The van der Waals surface area contributed by atoms with E-state index < -0.39 is 5.97 Å². The van der Waals surface area contributed by atoms with Crippen molar-refractivity contribution in [2.24, 2.45) is 4.99 Å². The predicted molar refractivity (Wildman–Crippen MR) is 122 cm³/mol. The molecule has 3 rings (SSSR count). The van der Waals surface area contributed by atoms with Crippen LogP contribution in [0.5, 0.6) is 11.5 Å². The van der Waals surface area contributed by atoms with Gasteiger partial charge >= 0.3 is 5.97 Å². The maximum absolute atomic E-state index is 12.4. The molecule has 0 saturated carbocycles. The summed E-state index contributed by atoms with van der Waals surface area (Å²) in [6.07, 6.45) is 1.61. The van der Waals surface area contributed by atoms with E-state index in [-0.39, 0.29) is 23.6 Å². The number of aliphatic imine (C=N–C) groups is 1. The Hall–Kier alpha value is -3.13. The number of carbonyl (C=O) groups excluding carboxylic acids is 2. The van der Waals surface area contributed by atoms with Crippen molar-refractivity contribution in [2.45, 2.75) is 33.8 Å². The lowest BCUT2D eigenvalue weighted by atomic mass is 10.1. The Bertz CT molecular complexity index is 1060. The summed E-state index contributed by atoms with van der Waals surface area (Å²) < 4.78 is 17.6. The maximum Gasteiger partial charge on any atom is 0.363 e. The number of nitrogens with zero attached hydrogens (tertiary/aromatic N) is 1. The average Bonchev–Trinajstić information content (AvgIpc) is 3.05. The molecule has 162 valence electrons. The minimum absolute atomic E-state index is 0.0197. The molecule has 0 saturated heterocycles. The highest BCUT2D eigenvalue weighted by molar-refractivity contribution is 9.10. The number of ether oxygens (including phenoxy) is 3. The zero-order valence-electron chi connectivity index (χ0n) is 17.7. The number of cyclic esters (lactones) is 1. The molecule has 0 fully saturated rings. The van der Waals surface area contributed by atoms with Crippen molar-refractivity contribution in [2.75, 3.05) is 11.9 Å². The van der Waals surface area contributed by atoms with Gasteiger partial charge in [0, 0.05) is 18.2 Å². The Labute approximate surface area is 189 Å². The van der Waals surface area contributed by atoms with E-state index in [1.54, 1.807) is 36.4 Å². The fourth-order valence-corrected chi connectivity index (χ4v) is 3.43. The Kier molecular flexibility index (Phi) is 7.12. The number of halogens is 1. The molecule has 1 aliphatic heterocycles. The molecule has 0 atom stereocenters. The van der Waals surface area contributed by atoms with Gasteiger partial charge in [0.15, 0.2) is 17.2 Å². The minimum Gasteiger partial charge on any atom is -0.490 e. The van der Waals surface area contributed by atoms with Crippen LogP contribution in [0.25, 0.3) is 6.08 Å². The van der Waals surface area contributed by atoms with Gasteiger partial charge in [-0.2, -0.15) is 0 Å². The van der Waals surface area contributed by atoms with Crippen molar-refractivity contribution in [1.82, 2.24) is 0 Å². The summed E-state index contributed by atoms with van der Waals surface area (Å²) in [7, 11) is 0. The van der Waals surface area contributed by atoms with Crippen LogP contribution in [0.3, 0.4) is 0 Å². The summed E-state index contributed by atoms with van der Waals surface area (Å²) in [5.74, 6) is 0.676. The van der Waals surface area contributed by atoms with Gasteiger partial charge < -0.3 is 19.5 Å². The van der Waals surface area contributed by atoms with E-state index in [4.69, 9.17) is 14.2 Å². The molecule has 31 heavy (non-hydrogen) atoms. The third-order valence-electron chi connectivity index (χ3n) is 4.06. The number of rotatable bonds is 7. The summed E-state index contributed by atoms with van der Waals surface area (Å²) in [5, 5.41) is 2.69. The lowest BCUT2D eigenvalue weighted by Crippen LogP contribution is -2.08. The van der Waals surface area contributed by atoms with Crippen molar-refractivity contribution < 1.29 is 23.8 Å². The van der Waals surface area contributed by atoms with Gasteiger partial charge in [-0.15, -0.1) is 0 Å². The molecular weight excluding hydrogens is 464 g/mol. The SMILES string of the molecule is CCOc1cc(/C=C2\N=C(c3ccc(NC(C)=O)cc3)OC2=O)cc(Br)c1OC(C)C. The van der Waals surface area contributed by atoms with Crippen LogP contribution in [0.4, 0.5) is 5.69 Å². The number of nitrogens with one attached hydrogen (secondary N) is 1.